The van der Waals surface area contributed by atoms with Crippen molar-refractivity contribution < 1.29 is 9.53 Å². The number of ether oxygens (including phenoxy) is 1. The molecule has 1 aromatic carbocycles. The lowest BCUT2D eigenvalue weighted by atomic mass is 9.88. The van der Waals surface area contributed by atoms with Crippen molar-refractivity contribution >= 4 is 23.1 Å². The zero-order valence-electron chi connectivity index (χ0n) is 18.7. The van der Waals surface area contributed by atoms with E-state index in [1.165, 1.54) is 27.8 Å². The number of aromatic nitrogens is 2. The van der Waals surface area contributed by atoms with Crippen molar-refractivity contribution in [3.8, 4) is 5.75 Å². The van der Waals surface area contributed by atoms with Crippen LogP contribution in [0.3, 0.4) is 0 Å². The fourth-order valence-corrected chi connectivity index (χ4v) is 5.04. The van der Waals surface area contributed by atoms with Crippen LogP contribution in [-0.2, 0) is 24.1 Å². The highest BCUT2D eigenvalue weighted by molar-refractivity contribution is 6.30. The van der Waals surface area contributed by atoms with E-state index in [0.29, 0.717) is 19.5 Å². The van der Waals surface area contributed by atoms with Gasteiger partial charge in [0.05, 0.1) is 25.4 Å². The average Bonchev–Trinajstić information content (AvgIpc) is 3.00. The summed E-state index contributed by atoms with van der Waals surface area (Å²) in [5, 5.41) is 0.755. The van der Waals surface area contributed by atoms with E-state index >= 15 is 0 Å². The lowest BCUT2D eigenvalue weighted by Gasteiger charge is -2.30. The number of amides is 1. The van der Waals surface area contributed by atoms with Gasteiger partial charge in [0.15, 0.2) is 0 Å². The van der Waals surface area contributed by atoms with Gasteiger partial charge in [-0.3, -0.25) is 14.8 Å². The lowest BCUT2D eigenvalue weighted by molar-refractivity contribution is -0.130. The number of benzene rings is 1. The van der Waals surface area contributed by atoms with Crippen molar-refractivity contribution in [1.29, 1.82) is 0 Å². The first-order chi connectivity index (χ1) is 16.1. The summed E-state index contributed by atoms with van der Waals surface area (Å²) in [7, 11) is 1.67. The van der Waals surface area contributed by atoms with E-state index in [9.17, 15) is 4.79 Å². The number of halogens is 1. The van der Waals surface area contributed by atoms with E-state index in [2.05, 4.69) is 23.2 Å². The van der Waals surface area contributed by atoms with Gasteiger partial charge in [-0.05, 0) is 72.2 Å². The predicted molar refractivity (Wildman–Crippen MR) is 129 cm³/mol. The number of carbonyl (C=O) groups excluding carboxylic acids is 1. The van der Waals surface area contributed by atoms with Gasteiger partial charge >= 0.3 is 0 Å². The van der Waals surface area contributed by atoms with Crippen LogP contribution < -0.4 is 4.74 Å². The highest BCUT2D eigenvalue weighted by atomic mass is 35.5. The number of methoxy groups -OCH3 is 1. The van der Waals surface area contributed by atoms with Crippen molar-refractivity contribution in [3.63, 3.8) is 0 Å². The molecule has 1 amide bonds. The molecule has 1 aliphatic heterocycles. The summed E-state index contributed by atoms with van der Waals surface area (Å²) in [5.74, 6) is 0.932. The molecule has 0 radical (unpaired) electrons. The van der Waals surface area contributed by atoms with Crippen LogP contribution >= 0.6 is 11.6 Å². The summed E-state index contributed by atoms with van der Waals surface area (Å²) < 4.78 is 5.44. The molecule has 3 heterocycles. The molecule has 168 valence electrons. The fraction of sp³-hybridized carbons (Fsp3) is 0.296. The van der Waals surface area contributed by atoms with Gasteiger partial charge < -0.3 is 9.64 Å². The van der Waals surface area contributed by atoms with Crippen molar-refractivity contribution in [1.82, 2.24) is 14.9 Å². The smallest absolute Gasteiger partial charge is 0.227 e. The molecule has 0 saturated carbocycles. The molecule has 0 atom stereocenters. The van der Waals surface area contributed by atoms with E-state index in [0.717, 1.165) is 47.7 Å². The minimum Gasteiger partial charge on any atom is -0.495 e. The van der Waals surface area contributed by atoms with E-state index in [4.69, 9.17) is 21.3 Å². The van der Waals surface area contributed by atoms with E-state index < -0.39 is 0 Å². The molecule has 0 N–H and O–H groups in total. The van der Waals surface area contributed by atoms with Crippen molar-refractivity contribution in [2.75, 3.05) is 20.2 Å². The molecule has 0 unspecified atom stereocenters. The van der Waals surface area contributed by atoms with E-state index in [1.807, 2.05) is 23.1 Å². The first kappa shape index (κ1) is 21.7. The Hall–Kier alpha value is -3.18. The standard InChI is InChI=1S/C27H26ClN3O2/c1-33-23-15-21-5-4-20-14-22(28)6-7-24(20)26(27(21)30-17-23)19-8-11-31(12-9-19)25(32)13-18-3-2-10-29-16-18/h2-3,6-7,10,14-17H,4-5,8-9,11-13H2,1H3. The number of pyridine rings is 2. The largest absolute Gasteiger partial charge is 0.495 e. The Kier molecular flexibility index (Phi) is 6.14. The number of aryl methyl sites for hydroxylation is 2. The number of fused-ring (bicyclic) bond motifs is 2. The predicted octanol–water partition coefficient (Wildman–Crippen LogP) is 4.90. The number of piperidine rings is 1. The average molecular weight is 460 g/mol. The summed E-state index contributed by atoms with van der Waals surface area (Å²) in [6.07, 6.45) is 9.15. The van der Waals surface area contributed by atoms with Gasteiger partial charge in [0.1, 0.15) is 5.75 Å². The minimum atomic E-state index is 0.156. The van der Waals surface area contributed by atoms with Gasteiger partial charge in [-0.15, -0.1) is 0 Å². The molecule has 1 aliphatic carbocycles. The monoisotopic (exact) mass is 459 g/mol. The molecule has 6 heteroatoms. The topological polar surface area (TPSA) is 55.3 Å². The Bertz CT molecular complexity index is 1210. The zero-order valence-corrected chi connectivity index (χ0v) is 19.4. The quantitative estimate of drug-likeness (QED) is 0.558. The number of nitrogens with zero attached hydrogens (tertiary/aromatic N) is 3. The molecule has 2 aliphatic rings. The van der Waals surface area contributed by atoms with Gasteiger partial charge in [-0.2, -0.15) is 0 Å². The molecule has 5 rings (SSSR count). The fourth-order valence-electron chi connectivity index (χ4n) is 4.85. The Morgan fingerprint density at radius 3 is 2.64 bits per heavy atom. The van der Waals surface area contributed by atoms with Crippen LogP contribution in [0, 0.1) is 0 Å². The molecule has 1 fully saturated rings. The molecule has 0 spiro atoms. The Morgan fingerprint density at radius 1 is 1.06 bits per heavy atom. The third-order valence-electron chi connectivity index (χ3n) is 6.57. The normalized spacial score (nSPS) is 15.5. The molecule has 1 saturated heterocycles. The summed E-state index contributed by atoms with van der Waals surface area (Å²) in [6.45, 7) is 1.43. The van der Waals surface area contributed by atoms with Crippen LogP contribution in [0.4, 0.5) is 0 Å². The number of carbonyl (C=O) groups is 1. The second-order valence-electron chi connectivity index (χ2n) is 8.58. The van der Waals surface area contributed by atoms with Gasteiger partial charge in [-0.1, -0.05) is 29.3 Å². The summed E-state index contributed by atoms with van der Waals surface area (Å²) in [4.78, 5) is 23.8. The van der Waals surface area contributed by atoms with Crippen molar-refractivity contribution in [2.24, 2.45) is 0 Å². The summed E-state index contributed by atoms with van der Waals surface area (Å²) >= 11 is 6.34. The number of hydrogen-bond acceptors (Lipinski definition) is 4. The molecular formula is C27H26ClN3O2. The van der Waals surface area contributed by atoms with E-state index in [1.54, 1.807) is 25.7 Å². The number of likely N-dealkylation sites (tertiary alicyclic amines) is 1. The van der Waals surface area contributed by atoms with Gasteiger partial charge in [0.2, 0.25) is 5.91 Å². The van der Waals surface area contributed by atoms with Crippen LogP contribution in [0.25, 0.3) is 5.57 Å². The third-order valence-corrected chi connectivity index (χ3v) is 6.80. The molecule has 3 aromatic rings. The maximum atomic E-state index is 12.9. The Labute approximate surface area is 199 Å². The maximum absolute atomic E-state index is 12.9. The zero-order chi connectivity index (χ0) is 22.8. The summed E-state index contributed by atoms with van der Waals surface area (Å²) in [6, 6.07) is 12.1. The number of rotatable bonds is 3. The minimum absolute atomic E-state index is 0.156. The van der Waals surface area contributed by atoms with Gasteiger partial charge in [0, 0.05) is 36.1 Å². The lowest BCUT2D eigenvalue weighted by Crippen LogP contribution is -2.37. The van der Waals surface area contributed by atoms with Crippen LogP contribution in [0.1, 0.15) is 40.8 Å². The molecule has 2 aromatic heterocycles. The first-order valence-corrected chi connectivity index (χ1v) is 11.7. The first-order valence-electron chi connectivity index (χ1n) is 11.3. The Balaban J connectivity index is 1.47. The highest BCUT2D eigenvalue weighted by Crippen LogP contribution is 2.39. The second kappa shape index (κ2) is 9.36. The van der Waals surface area contributed by atoms with Crippen LogP contribution in [0.5, 0.6) is 5.75 Å². The second-order valence-corrected chi connectivity index (χ2v) is 9.02. The maximum Gasteiger partial charge on any atom is 0.227 e. The van der Waals surface area contributed by atoms with E-state index in [-0.39, 0.29) is 5.91 Å². The molecule has 0 bridgehead atoms. The summed E-state index contributed by atoms with van der Waals surface area (Å²) in [5.41, 5.74) is 8.19. The van der Waals surface area contributed by atoms with Crippen molar-refractivity contribution in [2.45, 2.75) is 32.1 Å². The molecular weight excluding hydrogens is 434 g/mol. The van der Waals surface area contributed by atoms with Crippen LogP contribution in [0.2, 0.25) is 5.02 Å². The molecule has 5 nitrogen and oxygen atoms in total. The SMILES string of the molecule is COc1cnc2c(c1)CCc1cc(Cl)ccc1C2=C1CCN(C(=O)Cc2cccnc2)CC1. The number of hydrogen-bond donors (Lipinski definition) is 0. The van der Waals surface area contributed by atoms with Crippen LogP contribution in [-0.4, -0.2) is 41.0 Å². The van der Waals surface area contributed by atoms with Gasteiger partial charge in [-0.25, -0.2) is 0 Å². The third kappa shape index (κ3) is 4.51. The molecule has 33 heavy (non-hydrogen) atoms. The van der Waals surface area contributed by atoms with Crippen LogP contribution in [0.15, 0.2) is 60.6 Å². The highest BCUT2D eigenvalue weighted by Gasteiger charge is 2.27. The Morgan fingerprint density at radius 2 is 1.88 bits per heavy atom. The van der Waals surface area contributed by atoms with Crippen molar-refractivity contribution in [3.05, 3.63) is 93.5 Å². The van der Waals surface area contributed by atoms with Gasteiger partial charge in [0.25, 0.3) is 0 Å².